The fraction of sp³-hybridized carbons (Fsp3) is 0.667. The molecule has 0 amide bonds. The maximum Gasteiger partial charge on any atom is 0.387 e. The largest absolute Gasteiger partial charge is 0.497 e. The molecule has 1 fully saturated rings. The highest BCUT2D eigenvalue weighted by molar-refractivity contribution is 14.0. The molecule has 10 heteroatoms. The number of guanidine groups is 1. The second-order valence-corrected chi connectivity index (χ2v) is 7.50. The Morgan fingerprint density at radius 1 is 1.16 bits per heavy atom. The van der Waals surface area contributed by atoms with Crippen LogP contribution < -0.4 is 20.1 Å². The van der Waals surface area contributed by atoms with Crippen molar-refractivity contribution in [3.05, 3.63) is 23.8 Å². The van der Waals surface area contributed by atoms with E-state index in [2.05, 4.69) is 44.0 Å². The van der Waals surface area contributed by atoms with E-state index in [1.165, 1.54) is 13.2 Å². The van der Waals surface area contributed by atoms with Crippen molar-refractivity contribution in [1.29, 1.82) is 0 Å². The monoisotopic (exact) mass is 555 g/mol. The number of ether oxygens (including phenoxy) is 2. The second-order valence-electron chi connectivity index (χ2n) is 7.50. The van der Waals surface area contributed by atoms with Crippen molar-refractivity contribution in [3.63, 3.8) is 0 Å². The number of benzene rings is 1. The number of alkyl halides is 2. The summed E-state index contributed by atoms with van der Waals surface area (Å²) in [5.74, 6) is 1.76. The standard InChI is InChI=1S/C21H35F2N5O2.HI/c1-5-27-8-10-28(11-9-27)15-16(2)13-25-21(24-3)26-14-17-12-18(29-4)6-7-19(17)30-20(22)23;/h6-7,12,16,20H,5,8-11,13-15H2,1-4H3,(H2,24,25,26);1H. The highest BCUT2D eigenvalue weighted by Crippen LogP contribution is 2.25. The van der Waals surface area contributed by atoms with Gasteiger partial charge in [0.25, 0.3) is 0 Å². The van der Waals surface area contributed by atoms with Crippen molar-refractivity contribution in [2.45, 2.75) is 27.0 Å². The highest BCUT2D eigenvalue weighted by atomic mass is 127. The van der Waals surface area contributed by atoms with E-state index in [0.717, 1.165) is 45.8 Å². The van der Waals surface area contributed by atoms with Crippen LogP contribution in [0.15, 0.2) is 23.2 Å². The van der Waals surface area contributed by atoms with E-state index in [0.29, 0.717) is 23.2 Å². The predicted molar refractivity (Wildman–Crippen MR) is 131 cm³/mol. The maximum atomic E-state index is 12.7. The first-order valence-corrected chi connectivity index (χ1v) is 10.5. The topological polar surface area (TPSA) is 61.4 Å². The van der Waals surface area contributed by atoms with E-state index in [4.69, 9.17) is 4.74 Å². The van der Waals surface area contributed by atoms with Gasteiger partial charge >= 0.3 is 6.61 Å². The van der Waals surface area contributed by atoms with E-state index < -0.39 is 6.61 Å². The average molecular weight is 555 g/mol. The van der Waals surface area contributed by atoms with Crippen molar-refractivity contribution in [2.75, 3.05) is 60.0 Å². The fourth-order valence-corrected chi connectivity index (χ4v) is 3.50. The summed E-state index contributed by atoms with van der Waals surface area (Å²) in [6.45, 7) is 9.20. The summed E-state index contributed by atoms with van der Waals surface area (Å²) in [6, 6.07) is 4.76. The van der Waals surface area contributed by atoms with Crippen LogP contribution in [0.5, 0.6) is 11.5 Å². The molecule has 31 heavy (non-hydrogen) atoms. The van der Waals surface area contributed by atoms with E-state index in [9.17, 15) is 8.78 Å². The smallest absolute Gasteiger partial charge is 0.387 e. The molecule has 0 saturated carbocycles. The van der Waals surface area contributed by atoms with Crippen LogP contribution in [-0.4, -0.2) is 82.3 Å². The van der Waals surface area contributed by atoms with Gasteiger partial charge in [-0.05, 0) is 30.7 Å². The number of halogens is 3. The van der Waals surface area contributed by atoms with Crippen molar-refractivity contribution in [1.82, 2.24) is 20.4 Å². The highest BCUT2D eigenvalue weighted by Gasteiger charge is 2.17. The Hall–Kier alpha value is -1.40. The van der Waals surface area contributed by atoms with Gasteiger partial charge in [0.2, 0.25) is 0 Å². The SMILES string of the molecule is CCN1CCN(CC(C)CNC(=NC)NCc2cc(OC)ccc2OC(F)F)CC1.I. The molecule has 1 aliphatic heterocycles. The quantitative estimate of drug-likeness (QED) is 0.263. The first-order valence-electron chi connectivity index (χ1n) is 10.5. The summed E-state index contributed by atoms with van der Waals surface area (Å²) in [4.78, 5) is 9.20. The number of nitrogens with zero attached hydrogens (tertiary/aromatic N) is 3. The van der Waals surface area contributed by atoms with E-state index in [1.807, 2.05) is 0 Å². The minimum Gasteiger partial charge on any atom is -0.497 e. The molecule has 2 rings (SSSR count). The Bertz CT molecular complexity index is 673. The Kier molecular flexibility index (Phi) is 13.0. The summed E-state index contributed by atoms with van der Waals surface area (Å²) in [5.41, 5.74) is 0.569. The van der Waals surface area contributed by atoms with Crippen molar-refractivity contribution in [2.24, 2.45) is 10.9 Å². The Morgan fingerprint density at radius 2 is 1.84 bits per heavy atom. The summed E-state index contributed by atoms with van der Waals surface area (Å²) in [5, 5.41) is 6.48. The average Bonchev–Trinajstić information content (AvgIpc) is 2.75. The third-order valence-corrected chi connectivity index (χ3v) is 5.25. The summed E-state index contributed by atoms with van der Waals surface area (Å²) >= 11 is 0. The molecule has 1 atom stereocenters. The zero-order valence-electron chi connectivity index (χ0n) is 18.9. The molecule has 0 bridgehead atoms. The predicted octanol–water partition coefficient (Wildman–Crippen LogP) is 2.85. The van der Waals surface area contributed by atoms with Crippen LogP contribution in [0.1, 0.15) is 19.4 Å². The van der Waals surface area contributed by atoms with Crippen molar-refractivity contribution in [3.8, 4) is 11.5 Å². The van der Waals surface area contributed by atoms with Gasteiger partial charge in [-0.15, -0.1) is 24.0 Å². The third-order valence-electron chi connectivity index (χ3n) is 5.25. The summed E-state index contributed by atoms with van der Waals surface area (Å²) in [7, 11) is 3.22. The van der Waals surface area contributed by atoms with Crippen LogP contribution in [0.3, 0.4) is 0 Å². The van der Waals surface area contributed by atoms with Gasteiger partial charge in [0, 0.05) is 58.4 Å². The lowest BCUT2D eigenvalue weighted by Gasteiger charge is -2.35. The zero-order chi connectivity index (χ0) is 21.9. The van der Waals surface area contributed by atoms with Gasteiger partial charge in [-0.2, -0.15) is 8.78 Å². The molecule has 0 aliphatic carbocycles. The Morgan fingerprint density at radius 3 is 2.42 bits per heavy atom. The van der Waals surface area contributed by atoms with Gasteiger partial charge in [0.1, 0.15) is 11.5 Å². The van der Waals surface area contributed by atoms with Gasteiger partial charge < -0.3 is 29.9 Å². The number of aliphatic imine (C=N–C) groups is 1. The Balaban J connectivity index is 0.00000480. The number of rotatable bonds is 10. The molecule has 1 aliphatic rings. The number of methoxy groups -OCH3 is 1. The van der Waals surface area contributed by atoms with Crippen LogP contribution >= 0.6 is 24.0 Å². The number of hydrogen-bond donors (Lipinski definition) is 2. The van der Waals surface area contributed by atoms with Crippen LogP contribution in [0.4, 0.5) is 8.78 Å². The molecular weight excluding hydrogens is 519 g/mol. The number of piperazine rings is 1. The van der Waals surface area contributed by atoms with Crippen molar-refractivity contribution < 1.29 is 18.3 Å². The summed E-state index contributed by atoms with van der Waals surface area (Å²) < 4.78 is 35.1. The normalized spacial score (nSPS) is 16.5. The minimum absolute atomic E-state index is 0. The molecule has 1 aromatic rings. The molecule has 0 radical (unpaired) electrons. The van der Waals surface area contributed by atoms with E-state index in [-0.39, 0.29) is 36.3 Å². The van der Waals surface area contributed by atoms with Crippen LogP contribution in [0.25, 0.3) is 0 Å². The van der Waals surface area contributed by atoms with Crippen LogP contribution in [0.2, 0.25) is 0 Å². The molecule has 1 aromatic carbocycles. The molecule has 1 unspecified atom stereocenters. The first kappa shape index (κ1) is 27.6. The van der Waals surface area contributed by atoms with E-state index in [1.54, 1.807) is 19.2 Å². The third kappa shape index (κ3) is 9.73. The molecule has 7 nitrogen and oxygen atoms in total. The van der Waals surface area contributed by atoms with Gasteiger partial charge in [-0.25, -0.2) is 0 Å². The number of hydrogen-bond acceptors (Lipinski definition) is 5. The minimum atomic E-state index is -2.88. The number of likely N-dealkylation sites (N-methyl/N-ethyl adjacent to an activating group) is 1. The lowest BCUT2D eigenvalue weighted by atomic mass is 10.1. The van der Waals surface area contributed by atoms with Gasteiger partial charge in [0.05, 0.1) is 7.11 Å². The molecule has 0 aromatic heterocycles. The lowest BCUT2D eigenvalue weighted by molar-refractivity contribution is -0.0505. The van der Waals surface area contributed by atoms with Gasteiger partial charge in [-0.3, -0.25) is 4.99 Å². The number of nitrogens with one attached hydrogen (secondary N) is 2. The zero-order valence-corrected chi connectivity index (χ0v) is 21.2. The Labute approximate surface area is 201 Å². The molecule has 1 saturated heterocycles. The van der Waals surface area contributed by atoms with Gasteiger partial charge in [0.15, 0.2) is 5.96 Å². The molecule has 1 heterocycles. The lowest BCUT2D eigenvalue weighted by Crippen LogP contribution is -2.48. The maximum absolute atomic E-state index is 12.7. The molecule has 178 valence electrons. The van der Waals surface area contributed by atoms with E-state index >= 15 is 0 Å². The molecular formula is C21H36F2IN5O2. The fourth-order valence-electron chi connectivity index (χ4n) is 3.50. The van der Waals surface area contributed by atoms with Crippen LogP contribution in [0, 0.1) is 5.92 Å². The summed E-state index contributed by atoms with van der Waals surface area (Å²) in [6.07, 6.45) is 0. The van der Waals surface area contributed by atoms with Crippen LogP contribution in [-0.2, 0) is 6.54 Å². The van der Waals surface area contributed by atoms with Crippen molar-refractivity contribution >= 4 is 29.9 Å². The second kappa shape index (κ2) is 14.6. The molecule has 0 spiro atoms. The molecule has 2 N–H and O–H groups in total. The first-order chi connectivity index (χ1) is 14.4. The van der Waals surface area contributed by atoms with Gasteiger partial charge in [-0.1, -0.05) is 13.8 Å².